The van der Waals surface area contributed by atoms with Crippen molar-refractivity contribution >= 4 is 28.9 Å². The van der Waals surface area contributed by atoms with Gasteiger partial charge in [0, 0.05) is 29.2 Å². The van der Waals surface area contributed by atoms with Gasteiger partial charge in [0.05, 0.1) is 6.54 Å². The predicted octanol–water partition coefficient (Wildman–Crippen LogP) is 4.97. The van der Waals surface area contributed by atoms with E-state index in [1.165, 1.54) is 0 Å². The fourth-order valence-corrected chi connectivity index (χ4v) is 3.12. The highest BCUT2D eigenvalue weighted by atomic mass is 16.5. The van der Waals surface area contributed by atoms with Gasteiger partial charge in [-0.05, 0) is 67.6 Å². The molecule has 0 saturated heterocycles. The number of nitrogens with one attached hydrogen (secondary N) is 2. The van der Waals surface area contributed by atoms with E-state index in [9.17, 15) is 9.59 Å². The summed E-state index contributed by atoms with van der Waals surface area (Å²) in [5, 5.41) is 5.90. The minimum atomic E-state index is -0.175. The van der Waals surface area contributed by atoms with Gasteiger partial charge in [-0.15, -0.1) is 0 Å². The van der Waals surface area contributed by atoms with Crippen molar-refractivity contribution in [3.63, 3.8) is 0 Å². The number of amides is 2. The molecule has 0 aliphatic heterocycles. The highest BCUT2D eigenvalue weighted by Gasteiger charge is 2.15. The van der Waals surface area contributed by atoms with Crippen LogP contribution in [0.3, 0.4) is 0 Å². The van der Waals surface area contributed by atoms with E-state index in [0.717, 1.165) is 11.4 Å². The molecule has 0 bridgehead atoms. The first-order valence-corrected chi connectivity index (χ1v) is 10.4. The normalized spacial score (nSPS) is 10.2. The van der Waals surface area contributed by atoms with Crippen LogP contribution in [0.15, 0.2) is 91.5 Å². The Morgan fingerprint density at radius 1 is 0.938 bits per heavy atom. The van der Waals surface area contributed by atoms with Crippen molar-refractivity contribution in [3.8, 4) is 5.75 Å². The topological polar surface area (TPSA) is 70.7 Å². The molecular formula is C26H27N3O3. The van der Waals surface area contributed by atoms with Crippen LogP contribution in [0, 0.1) is 0 Å². The Morgan fingerprint density at radius 3 is 2.22 bits per heavy atom. The van der Waals surface area contributed by atoms with Crippen LogP contribution in [0.1, 0.15) is 17.3 Å². The first kappa shape index (κ1) is 22.6. The lowest BCUT2D eigenvalue weighted by molar-refractivity contribution is -0.114. The number of ether oxygens (including phenoxy) is 1. The molecule has 0 radical (unpaired) electrons. The Hall–Kier alpha value is -4.06. The van der Waals surface area contributed by atoms with E-state index in [2.05, 4.69) is 17.2 Å². The van der Waals surface area contributed by atoms with Crippen LogP contribution in [0.25, 0.3) is 0 Å². The number of carbonyl (C=O) groups excluding carboxylic acids is 2. The van der Waals surface area contributed by atoms with Gasteiger partial charge in [0.25, 0.3) is 5.91 Å². The Kier molecular flexibility index (Phi) is 8.03. The van der Waals surface area contributed by atoms with Gasteiger partial charge < -0.3 is 20.3 Å². The molecule has 2 N–H and O–H groups in total. The lowest BCUT2D eigenvalue weighted by Gasteiger charge is -2.21. The molecular weight excluding hydrogens is 402 g/mol. The molecule has 6 heteroatoms. The third kappa shape index (κ3) is 6.22. The molecule has 164 valence electrons. The second-order valence-corrected chi connectivity index (χ2v) is 6.99. The molecule has 0 aromatic heterocycles. The SMILES string of the molecule is C=CCOc1ccc(NC(=O)CNc2ccc(C(=O)N(CC)c3ccccc3)cc2)cc1. The molecule has 0 unspecified atom stereocenters. The average molecular weight is 430 g/mol. The molecule has 32 heavy (non-hydrogen) atoms. The molecule has 2 amide bonds. The zero-order valence-corrected chi connectivity index (χ0v) is 18.1. The van der Waals surface area contributed by atoms with Gasteiger partial charge in [-0.2, -0.15) is 0 Å². The third-order valence-corrected chi connectivity index (χ3v) is 4.72. The number of hydrogen-bond acceptors (Lipinski definition) is 4. The Morgan fingerprint density at radius 2 is 1.59 bits per heavy atom. The molecule has 0 fully saturated rings. The number of nitrogens with zero attached hydrogens (tertiary/aromatic N) is 1. The summed E-state index contributed by atoms with van der Waals surface area (Å²) in [6, 6.07) is 23.8. The summed E-state index contributed by atoms with van der Waals surface area (Å²) < 4.78 is 5.42. The summed E-state index contributed by atoms with van der Waals surface area (Å²) in [7, 11) is 0. The molecule has 0 saturated carbocycles. The van der Waals surface area contributed by atoms with E-state index in [4.69, 9.17) is 4.74 Å². The highest BCUT2D eigenvalue weighted by Crippen LogP contribution is 2.18. The smallest absolute Gasteiger partial charge is 0.258 e. The maximum Gasteiger partial charge on any atom is 0.258 e. The van der Waals surface area contributed by atoms with Crippen LogP contribution in [0.2, 0.25) is 0 Å². The molecule has 0 aliphatic carbocycles. The van der Waals surface area contributed by atoms with E-state index in [1.54, 1.807) is 59.5 Å². The lowest BCUT2D eigenvalue weighted by atomic mass is 10.1. The van der Waals surface area contributed by atoms with Gasteiger partial charge in [-0.25, -0.2) is 0 Å². The fraction of sp³-hybridized carbons (Fsp3) is 0.154. The van der Waals surface area contributed by atoms with Gasteiger partial charge in [-0.1, -0.05) is 30.9 Å². The average Bonchev–Trinajstić information content (AvgIpc) is 2.84. The number of carbonyl (C=O) groups is 2. The van der Waals surface area contributed by atoms with Gasteiger partial charge in [0.15, 0.2) is 0 Å². The number of para-hydroxylation sites is 1. The van der Waals surface area contributed by atoms with E-state index < -0.39 is 0 Å². The van der Waals surface area contributed by atoms with E-state index in [1.807, 2.05) is 37.3 Å². The van der Waals surface area contributed by atoms with Gasteiger partial charge in [-0.3, -0.25) is 9.59 Å². The van der Waals surface area contributed by atoms with Gasteiger partial charge >= 0.3 is 0 Å². The summed E-state index contributed by atoms with van der Waals surface area (Å²) in [6.45, 7) is 6.66. The van der Waals surface area contributed by atoms with Crippen molar-refractivity contribution in [1.29, 1.82) is 0 Å². The van der Waals surface area contributed by atoms with Crippen LogP contribution in [-0.4, -0.2) is 31.5 Å². The number of benzene rings is 3. The Labute approximate surface area is 188 Å². The standard InChI is InChI=1S/C26H27N3O3/c1-3-18-32-24-16-14-22(15-17-24)28-25(30)19-27-21-12-10-20(11-13-21)26(31)29(4-2)23-8-6-5-7-9-23/h3,5-17,27H,1,4,18-19H2,2H3,(H,28,30). The molecule has 3 aromatic rings. The largest absolute Gasteiger partial charge is 0.490 e. The summed E-state index contributed by atoms with van der Waals surface area (Å²) in [6.07, 6.45) is 1.67. The quantitative estimate of drug-likeness (QED) is 0.447. The van der Waals surface area contributed by atoms with Gasteiger partial charge in [0.1, 0.15) is 12.4 Å². The molecule has 3 rings (SSSR count). The fourth-order valence-electron chi connectivity index (χ4n) is 3.12. The van der Waals surface area contributed by atoms with Crippen molar-refractivity contribution < 1.29 is 14.3 Å². The van der Waals surface area contributed by atoms with Crippen LogP contribution in [0.4, 0.5) is 17.1 Å². The highest BCUT2D eigenvalue weighted by molar-refractivity contribution is 6.06. The van der Waals surface area contributed by atoms with Crippen LogP contribution >= 0.6 is 0 Å². The molecule has 0 heterocycles. The lowest BCUT2D eigenvalue weighted by Crippen LogP contribution is -2.30. The molecule has 0 atom stereocenters. The molecule has 3 aromatic carbocycles. The second-order valence-electron chi connectivity index (χ2n) is 6.99. The molecule has 6 nitrogen and oxygen atoms in total. The maximum absolute atomic E-state index is 12.9. The zero-order valence-electron chi connectivity index (χ0n) is 18.1. The summed E-state index contributed by atoms with van der Waals surface area (Å²) in [5.41, 5.74) is 2.89. The summed E-state index contributed by atoms with van der Waals surface area (Å²) in [4.78, 5) is 26.8. The summed E-state index contributed by atoms with van der Waals surface area (Å²) in [5.74, 6) is 0.472. The van der Waals surface area contributed by atoms with Crippen LogP contribution in [0.5, 0.6) is 5.75 Å². The van der Waals surface area contributed by atoms with Crippen LogP contribution in [-0.2, 0) is 4.79 Å². The Bertz CT molecular complexity index is 1030. The molecule has 0 spiro atoms. The third-order valence-electron chi connectivity index (χ3n) is 4.72. The number of rotatable bonds is 10. The minimum Gasteiger partial charge on any atom is -0.490 e. The predicted molar refractivity (Wildman–Crippen MR) is 129 cm³/mol. The van der Waals surface area contributed by atoms with E-state index >= 15 is 0 Å². The first-order chi connectivity index (χ1) is 15.6. The van der Waals surface area contributed by atoms with E-state index in [-0.39, 0.29) is 18.4 Å². The zero-order chi connectivity index (χ0) is 22.8. The van der Waals surface area contributed by atoms with Crippen molar-refractivity contribution in [1.82, 2.24) is 0 Å². The first-order valence-electron chi connectivity index (χ1n) is 10.4. The minimum absolute atomic E-state index is 0.0662. The van der Waals surface area contributed by atoms with E-state index in [0.29, 0.717) is 30.2 Å². The monoisotopic (exact) mass is 429 g/mol. The van der Waals surface area contributed by atoms with Crippen molar-refractivity contribution in [2.24, 2.45) is 0 Å². The summed E-state index contributed by atoms with van der Waals surface area (Å²) >= 11 is 0. The number of hydrogen-bond donors (Lipinski definition) is 2. The maximum atomic E-state index is 12.9. The second kappa shape index (κ2) is 11.4. The van der Waals surface area contributed by atoms with Crippen molar-refractivity contribution in [3.05, 3.63) is 97.1 Å². The van der Waals surface area contributed by atoms with Gasteiger partial charge in [0.2, 0.25) is 5.91 Å². The van der Waals surface area contributed by atoms with Crippen molar-refractivity contribution in [2.45, 2.75) is 6.92 Å². The van der Waals surface area contributed by atoms with Crippen LogP contribution < -0.4 is 20.3 Å². The molecule has 0 aliphatic rings. The Balaban J connectivity index is 1.52. The number of anilines is 3. The van der Waals surface area contributed by atoms with Crippen molar-refractivity contribution in [2.75, 3.05) is 35.2 Å².